The number of hydrogen-bond acceptors (Lipinski definition) is 7. The molecule has 0 bridgehead atoms. The summed E-state index contributed by atoms with van der Waals surface area (Å²) in [6.45, 7) is 4.27. The average molecular weight is 453 g/mol. The Labute approximate surface area is 186 Å². The summed E-state index contributed by atoms with van der Waals surface area (Å²) in [4.78, 5) is 48.4. The Bertz CT molecular complexity index is 798. The Hall–Kier alpha value is -3.18. The first-order chi connectivity index (χ1) is 14.9. The predicted molar refractivity (Wildman–Crippen MR) is 115 cm³/mol. The highest BCUT2D eigenvalue weighted by Crippen LogP contribution is 2.11. The molecule has 4 atom stereocenters. The lowest BCUT2D eigenvalue weighted by molar-refractivity contribution is -0.143. The van der Waals surface area contributed by atoms with Crippen molar-refractivity contribution in [1.29, 1.82) is 0 Å². The Morgan fingerprint density at radius 3 is 1.97 bits per heavy atom. The van der Waals surface area contributed by atoms with E-state index in [0.29, 0.717) is 0 Å². The van der Waals surface area contributed by atoms with Crippen LogP contribution >= 0.6 is 0 Å². The lowest BCUT2D eigenvalue weighted by Crippen LogP contribution is -2.57. The second-order valence-electron chi connectivity index (χ2n) is 7.98. The molecule has 0 fully saturated rings. The van der Waals surface area contributed by atoms with Crippen LogP contribution in [-0.2, 0) is 25.6 Å². The van der Waals surface area contributed by atoms with Gasteiger partial charge in [-0.3, -0.25) is 14.4 Å². The number of aliphatic hydroxyl groups is 1. The van der Waals surface area contributed by atoms with Crippen LogP contribution in [0.1, 0.15) is 32.8 Å². The van der Waals surface area contributed by atoms with E-state index in [4.69, 9.17) is 15.9 Å². The van der Waals surface area contributed by atoms with Crippen molar-refractivity contribution in [3.05, 3.63) is 29.8 Å². The number of carbonyl (C=O) groups excluding carboxylic acids is 3. The van der Waals surface area contributed by atoms with Crippen LogP contribution in [0, 0.1) is 5.92 Å². The number of carboxylic acids is 1. The summed E-state index contributed by atoms with van der Waals surface area (Å²) in [5.41, 5.74) is 6.63. The number of phenols is 1. The van der Waals surface area contributed by atoms with Crippen LogP contribution < -0.4 is 21.7 Å². The standard InChI is InChI=1S/C21H32N4O7/c1-11(2)8-16(20(30)25-17(10-26)21(31)32)24-18(28)12(3)23-19(29)15(22)9-13-4-6-14(27)7-5-13/h4-7,11-12,15-17,26-27H,8-10,22H2,1-3H3,(H,23,29)(H,24,28)(H,25,30)(H,31,32). The number of aromatic hydroxyl groups is 1. The van der Waals surface area contributed by atoms with Crippen molar-refractivity contribution in [3.63, 3.8) is 0 Å². The molecule has 1 aromatic carbocycles. The lowest BCUT2D eigenvalue weighted by atomic mass is 10.0. The van der Waals surface area contributed by atoms with Gasteiger partial charge in [-0.15, -0.1) is 0 Å². The summed E-state index contributed by atoms with van der Waals surface area (Å²) >= 11 is 0. The van der Waals surface area contributed by atoms with E-state index in [9.17, 15) is 24.3 Å². The first-order valence-corrected chi connectivity index (χ1v) is 10.2. The number of hydrogen-bond donors (Lipinski definition) is 7. The maximum atomic E-state index is 12.5. The second-order valence-corrected chi connectivity index (χ2v) is 7.98. The van der Waals surface area contributed by atoms with Crippen LogP contribution in [0.2, 0.25) is 0 Å². The monoisotopic (exact) mass is 452 g/mol. The van der Waals surface area contributed by atoms with Crippen molar-refractivity contribution in [2.24, 2.45) is 11.7 Å². The number of rotatable bonds is 12. The van der Waals surface area contributed by atoms with E-state index in [0.717, 1.165) is 5.56 Å². The molecule has 4 unspecified atom stereocenters. The number of aliphatic hydroxyl groups excluding tert-OH is 1. The maximum absolute atomic E-state index is 12.5. The number of benzene rings is 1. The van der Waals surface area contributed by atoms with Crippen molar-refractivity contribution in [2.45, 2.75) is 57.8 Å². The quantitative estimate of drug-likeness (QED) is 0.207. The molecule has 32 heavy (non-hydrogen) atoms. The van der Waals surface area contributed by atoms with Gasteiger partial charge in [-0.05, 0) is 43.4 Å². The number of carboxylic acid groups (broad SMARTS) is 1. The van der Waals surface area contributed by atoms with E-state index >= 15 is 0 Å². The first-order valence-electron chi connectivity index (χ1n) is 10.2. The van der Waals surface area contributed by atoms with Gasteiger partial charge in [0.15, 0.2) is 0 Å². The van der Waals surface area contributed by atoms with Crippen molar-refractivity contribution in [1.82, 2.24) is 16.0 Å². The molecular weight excluding hydrogens is 420 g/mol. The Kier molecular flexibility index (Phi) is 10.6. The van der Waals surface area contributed by atoms with Gasteiger partial charge in [0.05, 0.1) is 12.6 Å². The zero-order valence-corrected chi connectivity index (χ0v) is 18.4. The van der Waals surface area contributed by atoms with E-state index < -0.39 is 54.5 Å². The molecule has 3 amide bonds. The highest BCUT2D eigenvalue weighted by atomic mass is 16.4. The topological polar surface area (TPSA) is 191 Å². The third kappa shape index (κ3) is 8.90. The average Bonchev–Trinajstić information content (AvgIpc) is 2.72. The number of carbonyl (C=O) groups is 4. The molecular formula is C21H32N4O7. The van der Waals surface area contributed by atoms with Gasteiger partial charge >= 0.3 is 5.97 Å². The van der Waals surface area contributed by atoms with Gasteiger partial charge in [0.2, 0.25) is 17.7 Å². The van der Waals surface area contributed by atoms with Crippen molar-refractivity contribution >= 4 is 23.7 Å². The SMILES string of the molecule is CC(C)CC(NC(=O)C(C)NC(=O)C(N)Cc1ccc(O)cc1)C(=O)NC(CO)C(=O)O. The largest absolute Gasteiger partial charge is 0.508 e. The van der Waals surface area contributed by atoms with Crippen molar-refractivity contribution < 1.29 is 34.5 Å². The fraction of sp³-hybridized carbons (Fsp3) is 0.524. The van der Waals surface area contributed by atoms with E-state index in [1.807, 2.05) is 13.8 Å². The molecule has 11 heteroatoms. The molecule has 0 saturated heterocycles. The second kappa shape index (κ2) is 12.6. The van der Waals surface area contributed by atoms with Crippen LogP contribution in [-0.4, -0.2) is 69.8 Å². The summed E-state index contributed by atoms with van der Waals surface area (Å²) in [6.07, 6.45) is 0.410. The third-order valence-electron chi connectivity index (χ3n) is 4.62. The van der Waals surface area contributed by atoms with Crippen LogP contribution in [0.3, 0.4) is 0 Å². The predicted octanol–water partition coefficient (Wildman–Crippen LogP) is -1.14. The highest BCUT2D eigenvalue weighted by molar-refractivity contribution is 5.93. The summed E-state index contributed by atoms with van der Waals surface area (Å²) in [5, 5.41) is 34.6. The zero-order chi connectivity index (χ0) is 24.4. The molecule has 178 valence electrons. The van der Waals surface area contributed by atoms with E-state index in [2.05, 4.69) is 16.0 Å². The van der Waals surface area contributed by atoms with E-state index in [1.54, 1.807) is 12.1 Å². The molecule has 11 nitrogen and oxygen atoms in total. The van der Waals surface area contributed by atoms with Gasteiger partial charge in [0.1, 0.15) is 23.9 Å². The fourth-order valence-electron chi connectivity index (χ4n) is 2.82. The molecule has 8 N–H and O–H groups in total. The van der Waals surface area contributed by atoms with Crippen molar-refractivity contribution in [3.8, 4) is 5.75 Å². The summed E-state index contributed by atoms with van der Waals surface area (Å²) in [7, 11) is 0. The maximum Gasteiger partial charge on any atom is 0.328 e. The molecule has 0 aliphatic rings. The Morgan fingerprint density at radius 2 is 1.47 bits per heavy atom. The molecule has 0 saturated carbocycles. The van der Waals surface area contributed by atoms with Gasteiger partial charge < -0.3 is 37.0 Å². The van der Waals surface area contributed by atoms with Crippen LogP contribution in [0.4, 0.5) is 0 Å². The minimum Gasteiger partial charge on any atom is -0.508 e. The van der Waals surface area contributed by atoms with Crippen molar-refractivity contribution in [2.75, 3.05) is 6.61 Å². The first kappa shape index (κ1) is 26.9. The van der Waals surface area contributed by atoms with E-state index in [1.165, 1.54) is 19.1 Å². The van der Waals surface area contributed by atoms with E-state index in [-0.39, 0.29) is 24.5 Å². The van der Waals surface area contributed by atoms with Gasteiger partial charge in [0, 0.05) is 0 Å². The smallest absolute Gasteiger partial charge is 0.328 e. The Balaban J connectivity index is 2.71. The minimum absolute atomic E-state index is 0.00733. The zero-order valence-electron chi connectivity index (χ0n) is 18.4. The molecule has 1 rings (SSSR count). The van der Waals surface area contributed by atoms with Gasteiger partial charge in [0.25, 0.3) is 0 Å². The molecule has 0 spiro atoms. The molecule has 1 aromatic rings. The van der Waals surface area contributed by atoms with Gasteiger partial charge in [-0.1, -0.05) is 26.0 Å². The highest BCUT2D eigenvalue weighted by Gasteiger charge is 2.29. The molecule has 0 radical (unpaired) electrons. The van der Waals surface area contributed by atoms with Gasteiger partial charge in [-0.2, -0.15) is 0 Å². The number of nitrogens with two attached hydrogens (primary N) is 1. The minimum atomic E-state index is -1.50. The fourth-order valence-corrected chi connectivity index (χ4v) is 2.82. The normalized spacial score (nSPS) is 14.7. The van der Waals surface area contributed by atoms with Crippen LogP contribution in [0.15, 0.2) is 24.3 Å². The number of phenolic OH excluding ortho intramolecular Hbond substituents is 1. The molecule has 0 aliphatic heterocycles. The Morgan fingerprint density at radius 1 is 0.906 bits per heavy atom. The number of aliphatic carboxylic acids is 1. The molecule has 0 heterocycles. The number of nitrogens with one attached hydrogen (secondary N) is 3. The molecule has 0 aliphatic carbocycles. The number of amides is 3. The lowest BCUT2D eigenvalue weighted by Gasteiger charge is -2.24. The third-order valence-corrected chi connectivity index (χ3v) is 4.62. The molecule has 0 aromatic heterocycles. The van der Waals surface area contributed by atoms with Crippen LogP contribution in [0.25, 0.3) is 0 Å². The van der Waals surface area contributed by atoms with Crippen LogP contribution in [0.5, 0.6) is 5.75 Å². The summed E-state index contributed by atoms with van der Waals surface area (Å²) in [6, 6.07) is 1.71. The summed E-state index contributed by atoms with van der Waals surface area (Å²) < 4.78 is 0. The van der Waals surface area contributed by atoms with Gasteiger partial charge in [-0.25, -0.2) is 4.79 Å². The summed E-state index contributed by atoms with van der Waals surface area (Å²) in [5.74, 6) is -3.30.